The molecule has 1 unspecified atom stereocenters. The zero-order chi connectivity index (χ0) is 29.4. The van der Waals surface area contributed by atoms with Crippen molar-refractivity contribution in [2.75, 3.05) is 18.1 Å². The van der Waals surface area contributed by atoms with E-state index in [1.807, 2.05) is 48.5 Å². The monoisotopic (exact) mass is 619 g/mol. The average molecular weight is 620 g/mol. The summed E-state index contributed by atoms with van der Waals surface area (Å²) in [6.45, 7) is 4.98. The molecule has 2 aliphatic rings. The number of thioether (sulfide) groups is 1. The fourth-order valence-electron chi connectivity index (χ4n) is 4.84. The lowest BCUT2D eigenvalue weighted by Gasteiger charge is -2.23. The van der Waals surface area contributed by atoms with Gasteiger partial charge >= 0.3 is 5.91 Å². The first-order chi connectivity index (χ1) is 20.3. The van der Waals surface area contributed by atoms with Crippen LogP contribution in [0.2, 0.25) is 5.02 Å². The van der Waals surface area contributed by atoms with Crippen molar-refractivity contribution in [2.24, 2.45) is 0 Å². The van der Waals surface area contributed by atoms with E-state index in [-0.39, 0.29) is 16.5 Å². The number of Topliss-reactive ketones (excluding diaryl/α,β-unsaturated/α-hetero) is 1. The number of amides is 1. The second-order valence-corrected chi connectivity index (χ2v) is 12.7. The Morgan fingerprint density at radius 2 is 1.74 bits per heavy atom. The van der Waals surface area contributed by atoms with Crippen molar-refractivity contribution in [3.05, 3.63) is 99.6 Å². The molecule has 0 radical (unpaired) electrons. The number of carbonyl (C=O) groups excluding carboxylic acids is 2. The number of anilines is 1. The third-order valence-electron chi connectivity index (χ3n) is 7.06. The Kier molecular flexibility index (Phi) is 7.94. The number of hydrogen-bond donors (Lipinski definition) is 1. The predicted octanol–water partition coefficient (Wildman–Crippen LogP) is 7.00. The summed E-state index contributed by atoms with van der Waals surface area (Å²) in [5.41, 5.74) is 3.16. The van der Waals surface area contributed by atoms with Crippen molar-refractivity contribution >= 4 is 57.3 Å². The Morgan fingerprint density at radius 1 is 1.02 bits per heavy atom. The molecule has 42 heavy (non-hydrogen) atoms. The van der Waals surface area contributed by atoms with Gasteiger partial charge in [-0.25, -0.2) is 0 Å². The maximum Gasteiger partial charge on any atom is 0.301 e. The van der Waals surface area contributed by atoms with Gasteiger partial charge in [-0.05, 0) is 52.9 Å². The van der Waals surface area contributed by atoms with Crippen LogP contribution >= 0.6 is 34.7 Å². The molecule has 0 saturated carbocycles. The van der Waals surface area contributed by atoms with E-state index in [1.54, 1.807) is 18.2 Å². The summed E-state index contributed by atoms with van der Waals surface area (Å²) < 4.78 is 11.9. The van der Waals surface area contributed by atoms with Crippen molar-refractivity contribution in [2.45, 2.75) is 35.9 Å². The fourth-order valence-corrected chi connectivity index (χ4v) is 6.79. The minimum absolute atomic E-state index is 0.0282. The van der Waals surface area contributed by atoms with Crippen molar-refractivity contribution in [1.29, 1.82) is 0 Å². The van der Waals surface area contributed by atoms with Crippen LogP contribution in [0.4, 0.5) is 5.13 Å². The molecule has 0 aliphatic carbocycles. The van der Waals surface area contributed by atoms with Gasteiger partial charge in [-0.1, -0.05) is 84.9 Å². The Hall–Kier alpha value is -3.86. The second-order valence-electron chi connectivity index (χ2n) is 10.1. The highest BCUT2D eigenvalue weighted by Crippen LogP contribution is 2.45. The molecule has 8 nitrogen and oxygen atoms in total. The maximum atomic E-state index is 13.6. The van der Waals surface area contributed by atoms with E-state index in [0.29, 0.717) is 56.9 Å². The molecule has 2 aliphatic heterocycles. The van der Waals surface area contributed by atoms with Crippen LogP contribution < -0.4 is 14.4 Å². The molecule has 3 aromatic carbocycles. The van der Waals surface area contributed by atoms with E-state index in [0.717, 1.165) is 11.1 Å². The summed E-state index contributed by atoms with van der Waals surface area (Å²) in [6, 6.07) is 19.3. The number of ether oxygens (including phenoxy) is 2. The lowest BCUT2D eigenvalue weighted by molar-refractivity contribution is -0.132. The van der Waals surface area contributed by atoms with Crippen LogP contribution in [0, 0.1) is 0 Å². The van der Waals surface area contributed by atoms with Crippen LogP contribution in [0.5, 0.6) is 11.5 Å². The zero-order valence-electron chi connectivity index (χ0n) is 22.7. The lowest BCUT2D eigenvalue weighted by atomic mass is 9.93. The van der Waals surface area contributed by atoms with Gasteiger partial charge in [0.2, 0.25) is 5.13 Å². The van der Waals surface area contributed by atoms with Gasteiger partial charge in [0.25, 0.3) is 5.78 Å². The number of aliphatic hydroxyl groups excluding tert-OH is 1. The van der Waals surface area contributed by atoms with E-state index >= 15 is 0 Å². The second kappa shape index (κ2) is 11.8. The summed E-state index contributed by atoms with van der Waals surface area (Å²) >= 11 is 8.69. The molecule has 214 valence electrons. The van der Waals surface area contributed by atoms with E-state index in [9.17, 15) is 14.7 Å². The molecule has 6 rings (SSSR count). The van der Waals surface area contributed by atoms with Crippen LogP contribution in [-0.2, 0) is 15.3 Å². The van der Waals surface area contributed by atoms with E-state index in [4.69, 9.17) is 21.1 Å². The van der Waals surface area contributed by atoms with Crippen LogP contribution in [0.15, 0.2) is 76.6 Å². The Bertz CT molecular complexity index is 1690. The van der Waals surface area contributed by atoms with Crippen LogP contribution in [-0.4, -0.2) is 40.2 Å². The van der Waals surface area contributed by atoms with E-state index < -0.39 is 17.7 Å². The minimum Gasteiger partial charge on any atom is -0.507 e. The number of fused-ring (bicyclic) bond motifs is 1. The predicted molar refractivity (Wildman–Crippen MR) is 164 cm³/mol. The van der Waals surface area contributed by atoms with Gasteiger partial charge < -0.3 is 14.6 Å². The number of ketones is 1. The van der Waals surface area contributed by atoms with E-state index in [2.05, 4.69) is 24.0 Å². The number of rotatable bonds is 7. The third kappa shape index (κ3) is 5.49. The molecule has 1 atom stereocenters. The number of benzene rings is 3. The molecule has 0 spiro atoms. The summed E-state index contributed by atoms with van der Waals surface area (Å²) in [5.74, 6) is 0.0670. The highest BCUT2D eigenvalue weighted by molar-refractivity contribution is 8.00. The summed E-state index contributed by atoms with van der Waals surface area (Å²) in [7, 11) is 0. The maximum absolute atomic E-state index is 13.6. The van der Waals surface area contributed by atoms with Crippen LogP contribution in [0.25, 0.3) is 5.76 Å². The third-order valence-corrected chi connectivity index (χ3v) is 9.44. The molecule has 1 aromatic heterocycles. The largest absolute Gasteiger partial charge is 0.507 e. The first-order valence-electron chi connectivity index (χ1n) is 13.3. The van der Waals surface area contributed by atoms with Crippen LogP contribution in [0.3, 0.4) is 0 Å². The quantitative estimate of drug-likeness (QED) is 0.0775. The normalized spacial score (nSPS) is 17.7. The zero-order valence-corrected chi connectivity index (χ0v) is 25.1. The highest BCUT2D eigenvalue weighted by atomic mass is 35.5. The molecule has 1 amide bonds. The smallest absolute Gasteiger partial charge is 0.301 e. The SMILES string of the molecule is CC(C)c1ccc(C2C(=C(O)c3ccc4c(c3)OCCO4)C(=O)C(=O)N2c2nnc(SCc3ccc(Cl)cc3)s2)cc1. The van der Waals surface area contributed by atoms with Gasteiger partial charge in [0.1, 0.15) is 19.0 Å². The number of halogens is 1. The highest BCUT2D eigenvalue weighted by Gasteiger charge is 2.48. The van der Waals surface area contributed by atoms with Gasteiger partial charge in [-0.15, -0.1) is 10.2 Å². The Balaban J connectivity index is 1.39. The average Bonchev–Trinajstić information content (AvgIpc) is 3.58. The first kappa shape index (κ1) is 28.3. The van der Waals surface area contributed by atoms with Crippen molar-refractivity contribution in [3.8, 4) is 11.5 Å². The van der Waals surface area contributed by atoms with E-state index in [1.165, 1.54) is 28.0 Å². The molecule has 1 saturated heterocycles. The number of carbonyl (C=O) groups is 2. The number of nitrogens with zero attached hydrogens (tertiary/aromatic N) is 3. The standard InChI is InChI=1S/C31H26ClN3O5S2/c1-17(2)19-5-7-20(8-6-19)26-25(27(36)21-9-12-23-24(15-21)40-14-13-39-23)28(37)29(38)35(26)30-33-34-31(42-30)41-16-18-3-10-22(32)11-4-18/h3-12,15,17,26,36H,13-14,16H2,1-2H3. The van der Waals surface area contributed by atoms with Gasteiger partial charge in [-0.2, -0.15) is 0 Å². The molecule has 1 fully saturated rings. The minimum atomic E-state index is -0.901. The Morgan fingerprint density at radius 3 is 2.45 bits per heavy atom. The fraction of sp³-hybridized carbons (Fsp3) is 0.226. The molecule has 1 N–H and O–H groups in total. The van der Waals surface area contributed by atoms with Crippen molar-refractivity contribution < 1.29 is 24.2 Å². The first-order valence-corrected chi connectivity index (χ1v) is 15.5. The molecule has 0 bridgehead atoms. The molecular weight excluding hydrogens is 594 g/mol. The summed E-state index contributed by atoms with van der Waals surface area (Å²) in [4.78, 5) is 28.5. The summed E-state index contributed by atoms with van der Waals surface area (Å²) in [5, 5.41) is 21.0. The molecule has 4 aromatic rings. The number of aliphatic hydroxyl groups is 1. The number of hydrogen-bond acceptors (Lipinski definition) is 9. The van der Waals surface area contributed by atoms with Crippen molar-refractivity contribution in [3.63, 3.8) is 0 Å². The molecule has 11 heteroatoms. The van der Waals surface area contributed by atoms with Gasteiger partial charge in [0, 0.05) is 16.3 Å². The van der Waals surface area contributed by atoms with Gasteiger partial charge in [0.15, 0.2) is 15.8 Å². The molecule has 3 heterocycles. The summed E-state index contributed by atoms with van der Waals surface area (Å²) in [6.07, 6.45) is 0. The van der Waals surface area contributed by atoms with Gasteiger partial charge in [-0.3, -0.25) is 14.5 Å². The Labute approximate surface area is 255 Å². The number of aromatic nitrogens is 2. The lowest BCUT2D eigenvalue weighted by Crippen LogP contribution is -2.29. The van der Waals surface area contributed by atoms with Gasteiger partial charge in [0.05, 0.1) is 11.6 Å². The topological polar surface area (TPSA) is 102 Å². The van der Waals surface area contributed by atoms with Crippen LogP contribution in [0.1, 0.15) is 48.1 Å². The molecular formula is C31H26ClN3O5S2. The van der Waals surface area contributed by atoms with Crippen molar-refractivity contribution in [1.82, 2.24) is 10.2 Å².